The molecule has 0 spiro atoms. The summed E-state index contributed by atoms with van der Waals surface area (Å²) >= 11 is 0. The molecule has 0 aromatic heterocycles. The van der Waals surface area contributed by atoms with Gasteiger partial charge in [-0.2, -0.15) is 0 Å². The summed E-state index contributed by atoms with van der Waals surface area (Å²) in [5, 5.41) is 0. The molecule has 0 bridgehead atoms. The Morgan fingerprint density at radius 3 is 2.25 bits per heavy atom. The molecule has 0 aliphatic carbocycles. The Balaban J connectivity index is 2.42. The Morgan fingerprint density at radius 2 is 1.56 bits per heavy atom. The van der Waals surface area contributed by atoms with Gasteiger partial charge in [0.25, 0.3) is 0 Å². The van der Waals surface area contributed by atoms with Crippen LogP contribution in [0.3, 0.4) is 0 Å². The Morgan fingerprint density at radius 1 is 0.938 bits per heavy atom. The van der Waals surface area contributed by atoms with E-state index in [0.29, 0.717) is 0 Å². The third kappa shape index (κ3) is 2.03. The summed E-state index contributed by atoms with van der Waals surface area (Å²) in [4.78, 5) is 12.2. The number of carbonyl (C=O) groups excluding carboxylic acids is 1. The van der Waals surface area contributed by atoms with Gasteiger partial charge in [-0.3, -0.25) is 4.79 Å². The molecular weight excluding hydrogens is 196 g/mol. The van der Waals surface area contributed by atoms with Gasteiger partial charge in [-0.25, -0.2) is 0 Å². The van der Waals surface area contributed by atoms with Gasteiger partial charge in [0.1, 0.15) is 0 Å². The van der Waals surface area contributed by atoms with E-state index in [4.69, 9.17) is 0 Å². The largest absolute Gasteiger partial charge is 0.289 e. The Bertz CT molecular complexity index is 486. The topological polar surface area (TPSA) is 17.1 Å². The van der Waals surface area contributed by atoms with Crippen molar-refractivity contribution in [1.82, 2.24) is 0 Å². The fraction of sp³-hybridized carbons (Fsp3) is 0.133. The molecule has 2 aromatic rings. The third-order valence-corrected chi connectivity index (χ3v) is 2.68. The highest BCUT2D eigenvalue weighted by atomic mass is 16.1. The molecule has 80 valence electrons. The molecule has 0 aliphatic rings. The molecule has 0 saturated heterocycles. The zero-order chi connectivity index (χ0) is 11.4. The molecular formula is C15H14O. The lowest BCUT2D eigenvalue weighted by molar-refractivity contribution is 0.103. The van der Waals surface area contributed by atoms with Crippen LogP contribution >= 0.6 is 0 Å². The fourth-order valence-corrected chi connectivity index (χ4v) is 1.80. The maximum absolute atomic E-state index is 12.2. The summed E-state index contributed by atoms with van der Waals surface area (Å²) in [5.74, 6) is 0.109. The van der Waals surface area contributed by atoms with Crippen LogP contribution in [0.25, 0.3) is 0 Å². The van der Waals surface area contributed by atoms with E-state index in [1.165, 1.54) is 0 Å². The first kappa shape index (κ1) is 10.6. The maximum atomic E-state index is 12.2. The van der Waals surface area contributed by atoms with Crippen LogP contribution in [0.4, 0.5) is 0 Å². The minimum Gasteiger partial charge on any atom is -0.289 e. The van der Waals surface area contributed by atoms with E-state index in [0.717, 1.165) is 23.1 Å². The summed E-state index contributed by atoms with van der Waals surface area (Å²) in [7, 11) is 0. The lowest BCUT2D eigenvalue weighted by atomic mass is 9.97. The predicted octanol–water partition coefficient (Wildman–Crippen LogP) is 3.48. The second-order valence-corrected chi connectivity index (χ2v) is 3.71. The van der Waals surface area contributed by atoms with Crippen LogP contribution in [-0.2, 0) is 6.42 Å². The first-order valence-corrected chi connectivity index (χ1v) is 5.50. The van der Waals surface area contributed by atoms with Crippen molar-refractivity contribution in [3.63, 3.8) is 0 Å². The molecule has 0 fully saturated rings. The van der Waals surface area contributed by atoms with Gasteiger partial charge in [-0.15, -0.1) is 0 Å². The standard InChI is InChI=1S/C15H14O/c1-2-12-8-6-7-11-14(12)15(16)13-9-4-3-5-10-13/h3-11H,2H2,1H3. The van der Waals surface area contributed by atoms with E-state index >= 15 is 0 Å². The average molecular weight is 210 g/mol. The van der Waals surface area contributed by atoms with E-state index in [-0.39, 0.29) is 5.78 Å². The van der Waals surface area contributed by atoms with Gasteiger partial charge in [0.05, 0.1) is 0 Å². The highest BCUT2D eigenvalue weighted by molar-refractivity contribution is 6.09. The van der Waals surface area contributed by atoms with E-state index < -0.39 is 0 Å². The normalized spacial score (nSPS) is 10.1. The zero-order valence-electron chi connectivity index (χ0n) is 9.31. The predicted molar refractivity (Wildman–Crippen MR) is 65.7 cm³/mol. The summed E-state index contributed by atoms with van der Waals surface area (Å²) in [5.41, 5.74) is 2.68. The Kier molecular flexibility index (Phi) is 3.16. The first-order chi connectivity index (χ1) is 7.83. The Hall–Kier alpha value is -1.89. The quantitative estimate of drug-likeness (QED) is 0.709. The SMILES string of the molecule is CCc1ccccc1C(=O)c1ccccc1. The molecule has 1 heteroatoms. The lowest BCUT2D eigenvalue weighted by Crippen LogP contribution is -2.04. The van der Waals surface area contributed by atoms with Crippen molar-refractivity contribution in [2.45, 2.75) is 13.3 Å². The van der Waals surface area contributed by atoms with Crippen LogP contribution in [-0.4, -0.2) is 5.78 Å². The number of aryl methyl sites for hydroxylation is 1. The average Bonchev–Trinajstić information content (AvgIpc) is 2.39. The van der Waals surface area contributed by atoms with Crippen LogP contribution < -0.4 is 0 Å². The number of hydrogen-bond acceptors (Lipinski definition) is 1. The van der Waals surface area contributed by atoms with Gasteiger partial charge in [-0.1, -0.05) is 61.5 Å². The van der Waals surface area contributed by atoms with Gasteiger partial charge in [0, 0.05) is 11.1 Å². The van der Waals surface area contributed by atoms with Gasteiger partial charge >= 0.3 is 0 Å². The molecule has 1 nitrogen and oxygen atoms in total. The summed E-state index contributed by atoms with van der Waals surface area (Å²) in [6.45, 7) is 2.07. The summed E-state index contributed by atoms with van der Waals surface area (Å²) in [6, 6.07) is 17.2. The number of carbonyl (C=O) groups is 1. The highest BCUT2D eigenvalue weighted by Crippen LogP contribution is 2.14. The Labute approximate surface area is 95.7 Å². The van der Waals surface area contributed by atoms with Crippen molar-refractivity contribution < 1.29 is 4.79 Å². The molecule has 0 heterocycles. The van der Waals surface area contributed by atoms with Gasteiger partial charge in [-0.05, 0) is 12.0 Å². The summed E-state index contributed by atoms with van der Waals surface area (Å²) in [6.07, 6.45) is 0.884. The van der Waals surface area contributed by atoms with Gasteiger partial charge in [0.2, 0.25) is 0 Å². The molecule has 0 saturated carbocycles. The van der Waals surface area contributed by atoms with E-state index in [9.17, 15) is 4.79 Å². The van der Waals surface area contributed by atoms with Crippen LogP contribution in [0.1, 0.15) is 28.4 Å². The fourth-order valence-electron chi connectivity index (χ4n) is 1.80. The van der Waals surface area contributed by atoms with Crippen LogP contribution in [0, 0.1) is 0 Å². The first-order valence-electron chi connectivity index (χ1n) is 5.50. The number of benzene rings is 2. The molecule has 0 unspecified atom stereocenters. The van der Waals surface area contributed by atoms with E-state index in [1.807, 2.05) is 54.6 Å². The second-order valence-electron chi connectivity index (χ2n) is 3.71. The molecule has 0 radical (unpaired) electrons. The van der Waals surface area contributed by atoms with Crippen LogP contribution in [0.5, 0.6) is 0 Å². The maximum Gasteiger partial charge on any atom is 0.193 e. The molecule has 2 rings (SSSR count). The number of hydrogen-bond donors (Lipinski definition) is 0. The highest BCUT2D eigenvalue weighted by Gasteiger charge is 2.11. The van der Waals surface area contributed by atoms with Crippen molar-refractivity contribution >= 4 is 5.78 Å². The second kappa shape index (κ2) is 4.75. The summed E-state index contributed by atoms with van der Waals surface area (Å²) < 4.78 is 0. The number of rotatable bonds is 3. The third-order valence-electron chi connectivity index (χ3n) is 2.68. The molecule has 16 heavy (non-hydrogen) atoms. The molecule has 2 aromatic carbocycles. The monoisotopic (exact) mass is 210 g/mol. The van der Waals surface area contributed by atoms with E-state index in [1.54, 1.807) is 0 Å². The van der Waals surface area contributed by atoms with Crippen molar-refractivity contribution in [2.75, 3.05) is 0 Å². The number of ketones is 1. The minimum absolute atomic E-state index is 0.109. The van der Waals surface area contributed by atoms with Crippen molar-refractivity contribution in [2.24, 2.45) is 0 Å². The molecule has 0 atom stereocenters. The van der Waals surface area contributed by atoms with Gasteiger partial charge in [0.15, 0.2) is 5.78 Å². The van der Waals surface area contributed by atoms with Crippen LogP contribution in [0.2, 0.25) is 0 Å². The molecule has 0 aliphatic heterocycles. The zero-order valence-corrected chi connectivity index (χ0v) is 9.31. The molecule has 0 N–H and O–H groups in total. The van der Waals surface area contributed by atoms with Gasteiger partial charge < -0.3 is 0 Å². The van der Waals surface area contributed by atoms with Crippen molar-refractivity contribution in [3.8, 4) is 0 Å². The molecule has 0 amide bonds. The lowest BCUT2D eigenvalue weighted by Gasteiger charge is -2.06. The van der Waals surface area contributed by atoms with Crippen molar-refractivity contribution in [1.29, 1.82) is 0 Å². The minimum atomic E-state index is 0.109. The van der Waals surface area contributed by atoms with Crippen LogP contribution in [0.15, 0.2) is 54.6 Å². The smallest absolute Gasteiger partial charge is 0.193 e. The van der Waals surface area contributed by atoms with Crippen molar-refractivity contribution in [3.05, 3.63) is 71.3 Å². The van der Waals surface area contributed by atoms with E-state index in [2.05, 4.69) is 6.92 Å².